The predicted molar refractivity (Wildman–Crippen MR) is 91.6 cm³/mol. The molecule has 0 amide bonds. The van der Waals surface area contributed by atoms with E-state index in [2.05, 4.69) is 13.1 Å². The van der Waals surface area contributed by atoms with E-state index in [-0.39, 0.29) is 0 Å². The summed E-state index contributed by atoms with van der Waals surface area (Å²) in [5.41, 5.74) is -4.33. The van der Waals surface area contributed by atoms with Gasteiger partial charge in [-0.2, -0.15) is 13.0 Å². The van der Waals surface area contributed by atoms with Gasteiger partial charge in [-0.25, -0.2) is 18.1 Å². The predicted octanol–water partition coefficient (Wildman–Crippen LogP) is -0.695. The summed E-state index contributed by atoms with van der Waals surface area (Å²) in [5.74, 6) is -1.48. The van der Waals surface area contributed by atoms with Gasteiger partial charge in [0.2, 0.25) is 12.1 Å². The van der Waals surface area contributed by atoms with Crippen LogP contribution in [0.15, 0.2) is 11.0 Å². The van der Waals surface area contributed by atoms with E-state index in [1.54, 1.807) is 4.98 Å². The third-order valence-corrected chi connectivity index (χ3v) is 7.62. The highest BCUT2D eigenvalue weighted by molar-refractivity contribution is 7.71. The van der Waals surface area contributed by atoms with Crippen LogP contribution in [-0.4, -0.2) is 64.0 Å². The first-order valence-corrected chi connectivity index (χ1v) is 12.3. The van der Waals surface area contributed by atoms with E-state index in [1.807, 2.05) is 0 Å². The number of aliphatic hydroxyl groups excluding tert-OH is 1. The molecule has 0 aliphatic carbocycles. The number of nitrogens with one attached hydrogen (secondary N) is 1. The van der Waals surface area contributed by atoms with Crippen molar-refractivity contribution < 1.29 is 70.1 Å². The Bertz CT molecular complexity index is 1110. The van der Waals surface area contributed by atoms with Crippen molar-refractivity contribution >= 4 is 35.7 Å². The minimum atomic E-state index is -5.93. The van der Waals surface area contributed by atoms with Crippen LogP contribution in [0.25, 0.3) is 0 Å². The van der Waals surface area contributed by atoms with E-state index >= 15 is 0 Å². The van der Waals surface area contributed by atoms with Crippen LogP contribution in [0.1, 0.15) is 6.23 Å². The molecule has 0 saturated carbocycles. The number of hydrogen-bond donors (Lipinski definition) is 7. The number of aromatic amines is 1. The van der Waals surface area contributed by atoms with E-state index in [1.165, 1.54) is 0 Å². The van der Waals surface area contributed by atoms with Crippen LogP contribution in [0.2, 0.25) is 0 Å². The van der Waals surface area contributed by atoms with Gasteiger partial charge in [-0.05, 0) is 12.2 Å². The highest BCUT2D eigenvalue weighted by atomic mass is 32.1. The number of nitrogens with zero attached hydrogens (tertiary/aromatic N) is 1. The van der Waals surface area contributed by atoms with Crippen molar-refractivity contribution in [2.75, 3.05) is 6.67 Å². The molecular weight excluding hydrogens is 523 g/mol. The van der Waals surface area contributed by atoms with Crippen molar-refractivity contribution in [1.82, 2.24) is 9.55 Å². The summed E-state index contributed by atoms with van der Waals surface area (Å²) in [6, 6.07) is 0. The fraction of sp³-hybridized carbons (Fsp3) is 0.556. The molecule has 1 aromatic heterocycles. The molecule has 7 N–H and O–H groups in total. The Kier molecular flexibility index (Phi) is 7.60. The van der Waals surface area contributed by atoms with E-state index in [0.717, 1.165) is 0 Å². The molecule has 1 aromatic rings. The number of phosphoric ester groups is 1. The Labute approximate surface area is 174 Å². The lowest BCUT2D eigenvalue weighted by molar-refractivity contribution is -0.139. The van der Waals surface area contributed by atoms with Crippen molar-refractivity contribution in [3.8, 4) is 0 Å². The fourth-order valence-corrected chi connectivity index (χ4v) is 5.63. The van der Waals surface area contributed by atoms with Crippen molar-refractivity contribution in [3.63, 3.8) is 0 Å². The van der Waals surface area contributed by atoms with Gasteiger partial charge in [0, 0.05) is 0 Å². The summed E-state index contributed by atoms with van der Waals surface area (Å²) in [7, 11) is -17.5. The van der Waals surface area contributed by atoms with Crippen LogP contribution in [0.5, 0.6) is 0 Å². The average molecular weight is 536 g/mol. The van der Waals surface area contributed by atoms with E-state index < -0.39 is 70.5 Å². The van der Waals surface area contributed by atoms with Crippen LogP contribution < -0.4 is 5.56 Å². The van der Waals surface area contributed by atoms with Gasteiger partial charge < -0.3 is 34.5 Å². The van der Waals surface area contributed by atoms with Crippen molar-refractivity contribution in [3.05, 3.63) is 27.1 Å². The smallest absolute Gasteiger partial charge is 0.384 e. The number of alkyl halides is 1. The Hall–Kier alpha value is -0.750. The second kappa shape index (κ2) is 8.89. The summed E-state index contributed by atoms with van der Waals surface area (Å²) in [6.45, 7) is -1.85. The number of H-pyrrole nitrogens is 1. The quantitative estimate of drug-likeness (QED) is 0.160. The summed E-state index contributed by atoms with van der Waals surface area (Å²) in [6.07, 6.45) is -6.90. The number of hydrogen-bond acceptors (Lipinski definition) is 11. The number of aromatic nitrogens is 2. The Balaban J connectivity index is 2.33. The third-order valence-electron chi connectivity index (χ3n) is 3.50. The maximum absolute atomic E-state index is 13.6. The molecule has 0 radical (unpaired) electrons. The summed E-state index contributed by atoms with van der Waals surface area (Å²) in [5, 5.41) is 20.4. The lowest BCUT2D eigenvalue weighted by Crippen LogP contribution is -2.49. The molecule has 2 rings (SSSR count). The molecule has 0 bridgehead atoms. The molecule has 1 aliphatic heterocycles. The van der Waals surface area contributed by atoms with Gasteiger partial charge in [-0.1, -0.05) is 0 Å². The molecule has 2 heterocycles. The largest absolute Gasteiger partial charge is 0.490 e. The molecule has 3 unspecified atom stereocenters. The number of rotatable bonds is 8. The van der Waals surface area contributed by atoms with Crippen molar-refractivity contribution in [2.45, 2.75) is 24.2 Å². The minimum Gasteiger partial charge on any atom is -0.384 e. The van der Waals surface area contributed by atoms with E-state index in [0.29, 0.717) is 10.8 Å². The first kappa shape index (κ1) is 26.5. The SMILES string of the molecule is O=c1[nH]c(=S)n([C@@H]2O[C@H](OP(=O)(O)OP(=O)(O)OP(=O)(O)O)[C@H](O)C2(O)CF)cc1F. The zero-order valence-electron chi connectivity index (χ0n) is 14.4. The standard InChI is InChI=1S/C9H13F2N2O14P3S/c10-2-9(16)4(14)6(24-7(9)13-1-3(11)5(15)12-8(13)31)25-29(20,21)27-30(22,23)26-28(17,18)19/h1,4,6-7,14,16H,2H2,(H,20,21)(H,22,23)(H,12,15,31)(H2,17,18,19)/t4-,6+,7+,9?/m0/s1. The van der Waals surface area contributed by atoms with Gasteiger partial charge in [0.25, 0.3) is 5.56 Å². The molecule has 1 aliphatic rings. The van der Waals surface area contributed by atoms with Gasteiger partial charge in [0.1, 0.15) is 12.8 Å². The monoisotopic (exact) mass is 536 g/mol. The molecule has 22 heteroatoms. The maximum Gasteiger partial charge on any atom is 0.490 e. The minimum absolute atomic E-state index is 0.354. The third kappa shape index (κ3) is 6.19. The van der Waals surface area contributed by atoms with Gasteiger partial charge in [0.05, 0.1) is 6.20 Å². The Morgan fingerprint density at radius 2 is 1.81 bits per heavy atom. The van der Waals surface area contributed by atoms with E-state index in [9.17, 15) is 42.4 Å². The molecule has 0 spiro atoms. The van der Waals surface area contributed by atoms with Crippen molar-refractivity contribution in [2.24, 2.45) is 0 Å². The second-order valence-corrected chi connectivity index (χ2v) is 10.5. The zero-order chi connectivity index (χ0) is 24.0. The molecule has 1 fully saturated rings. The van der Waals surface area contributed by atoms with Gasteiger partial charge in [-0.15, -0.1) is 0 Å². The van der Waals surface area contributed by atoms with Crippen LogP contribution in [0, 0.1) is 10.6 Å². The summed E-state index contributed by atoms with van der Waals surface area (Å²) in [4.78, 5) is 48.5. The molecule has 1 saturated heterocycles. The highest BCUT2D eigenvalue weighted by Crippen LogP contribution is 2.67. The Morgan fingerprint density at radius 3 is 2.32 bits per heavy atom. The molecule has 178 valence electrons. The average Bonchev–Trinajstić information content (AvgIpc) is 2.79. The van der Waals surface area contributed by atoms with Crippen LogP contribution >= 0.6 is 35.7 Å². The molecular formula is C9H13F2N2O14P3S. The lowest BCUT2D eigenvalue weighted by atomic mass is 9.98. The van der Waals surface area contributed by atoms with Crippen LogP contribution in [0.4, 0.5) is 8.78 Å². The lowest BCUT2D eigenvalue weighted by Gasteiger charge is -2.28. The number of halogens is 2. The molecule has 31 heavy (non-hydrogen) atoms. The number of phosphoric acid groups is 3. The zero-order valence-corrected chi connectivity index (χ0v) is 17.9. The second-order valence-electron chi connectivity index (χ2n) is 5.77. The highest BCUT2D eigenvalue weighted by Gasteiger charge is 2.59. The molecule has 6 atom stereocenters. The summed E-state index contributed by atoms with van der Waals surface area (Å²) >= 11 is 4.71. The topological polar surface area (TPSA) is 247 Å². The normalized spacial score (nSPS) is 30.6. The maximum atomic E-state index is 13.6. The first-order valence-electron chi connectivity index (χ1n) is 7.36. The fourth-order valence-electron chi connectivity index (χ4n) is 2.30. The summed E-state index contributed by atoms with van der Waals surface area (Å²) < 4.78 is 76.7. The van der Waals surface area contributed by atoms with Crippen molar-refractivity contribution in [1.29, 1.82) is 0 Å². The van der Waals surface area contributed by atoms with Crippen LogP contribution in [-0.2, 0) is 31.6 Å². The number of aliphatic hydroxyl groups is 2. The molecule has 16 nitrogen and oxygen atoms in total. The number of ether oxygens (including phenoxy) is 1. The van der Waals surface area contributed by atoms with Crippen LogP contribution in [0.3, 0.4) is 0 Å². The van der Waals surface area contributed by atoms with Gasteiger partial charge >= 0.3 is 23.5 Å². The van der Waals surface area contributed by atoms with Gasteiger partial charge in [-0.3, -0.25) is 18.9 Å². The van der Waals surface area contributed by atoms with E-state index in [4.69, 9.17) is 31.6 Å². The molecule has 0 aromatic carbocycles. The Morgan fingerprint density at radius 1 is 1.23 bits per heavy atom. The first-order chi connectivity index (χ1) is 13.9. The van der Waals surface area contributed by atoms with Gasteiger partial charge in [0.15, 0.2) is 16.6 Å².